The number of aliphatic hydroxyl groups excluding tert-OH is 1. The molecule has 1 aliphatic carbocycles. The molecule has 0 bridgehead atoms. The van der Waals surface area contributed by atoms with Gasteiger partial charge in [0.15, 0.2) is 0 Å². The molecule has 2 heterocycles. The van der Waals surface area contributed by atoms with Gasteiger partial charge in [-0.2, -0.15) is 0 Å². The number of rotatable bonds is 4. The minimum absolute atomic E-state index is 0.0927. The van der Waals surface area contributed by atoms with E-state index in [1.54, 1.807) is 0 Å². The minimum Gasteiger partial charge on any atom is -0.387 e. The number of aryl methyl sites for hydroxylation is 1. The summed E-state index contributed by atoms with van der Waals surface area (Å²) in [6.45, 7) is 1.01. The molecule has 2 aromatic rings. The Kier molecular flexibility index (Phi) is 4.80. The number of halogens is 2. The Hall–Kier alpha value is -1.79. The normalized spacial score (nSPS) is 21.8. The molecule has 1 N–H and O–H groups in total. The molecule has 0 amide bonds. The van der Waals surface area contributed by atoms with Gasteiger partial charge >= 0.3 is 0 Å². The van der Waals surface area contributed by atoms with Crippen LogP contribution in [-0.4, -0.2) is 32.6 Å². The van der Waals surface area contributed by atoms with Gasteiger partial charge in [-0.1, -0.05) is 6.07 Å². The van der Waals surface area contributed by atoms with Crippen LogP contribution in [0.5, 0.6) is 0 Å². The highest BCUT2D eigenvalue weighted by molar-refractivity contribution is 5.24. The van der Waals surface area contributed by atoms with Crippen molar-refractivity contribution in [3.63, 3.8) is 0 Å². The minimum atomic E-state index is -1.19. The predicted molar refractivity (Wildman–Crippen MR) is 94.7 cm³/mol. The third-order valence-corrected chi connectivity index (χ3v) is 5.81. The van der Waals surface area contributed by atoms with Crippen LogP contribution in [0.15, 0.2) is 18.2 Å². The van der Waals surface area contributed by atoms with E-state index in [-0.39, 0.29) is 18.2 Å². The van der Waals surface area contributed by atoms with Crippen LogP contribution in [0, 0.1) is 11.6 Å². The Morgan fingerprint density at radius 2 is 1.92 bits per heavy atom. The molecule has 0 saturated carbocycles. The molecule has 2 atom stereocenters. The van der Waals surface area contributed by atoms with Gasteiger partial charge < -0.3 is 9.67 Å². The number of aromatic nitrogens is 2. The second kappa shape index (κ2) is 7.08. The third-order valence-electron chi connectivity index (χ3n) is 5.81. The SMILES string of the molecule is Cn1c([C@@H]2CCCN2C[C@H](O)c2c(F)cccc2F)nc2c1CCCC2. The fourth-order valence-electron chi connectivity index (χ4n) is 4.48. The molecule has 6 heteroatoms. The van der Waals surface area contributed by atoms with E-state index in [1.807, 2.05) is 0 Å². The zero-order valence-electron chi connectivity index (χ0n) is 15.1. The first-order valence-corrected chi connectivity index (χ1v) is 9.46. The zero-order chi connectivity index (χ0) is 18.3. The molecule has 1 aromatic heterocycles. The summed E-state index contributed by atoms with van der Waals surface area (Å²) in [6, 6.07) is 3.79. The van der Waals surface area contributed by atoms with Crippen molar-refractivity contribution in [2.75, 3.05) is 13.1 Å². The topological polar surface area (TPSA) is 41.3 Å². The van der Waals surface area contributed by atoms with Crippen molar-refractivity contribution in [2.24, 2.45) is 7.05 Å². The Bertz CT molecular complexity index is 784. The van der Waals surface area contributed by atoms with E-state index in [0.29, 0.717) is 0 Å². The summed E-state index contributed by atoms with van der Waals surface area (Å²) in [6.07, 6.45) is 5.24. The maximum absolute atomic E-state index is 14.0. The number of hydrogen-bond acceptors (Lipinski definition) is 3. The van der Waals surface area contributed by atoms with Crippen LogP contribution >= 0.6 is 0 Å². The van der Waals surface area contributed by atoms with Gasteiger partial charge in [0.1, 0.15) is 17.5 Å². The smallest absolute Gasteiger partial charge is 0.131 e. The number of nitrogens with zero attached hydrogens (tertiary/aromatic N) is 3. The molecule has 0 spiro atoms. The summed E-state index contributed by atoms with van der Waals surface area (Å²) in [5.41, 5.74) is 2.28. The Morgan fingerprint density at radius 3 is 2.65 bits per heavy atom. The van der Waals surface area contributed by atoms with E-state index in [2.05, 4.69) is 16.5 Å². The molecular formula is C20H25F2N3O. The molecule has 1 aliphatic heterocycles. The number of likely N-dealkylation sites (tertiary alicyclic amines) is 1. The Balaban J connectivity index is 1.57. The summed E-state index contributed by atoms with van der Waals surface area (Å²) >= 11 is 0. The molecule has 1 fully saturated rings. The summed E-state index contributed by atoms with van der Waals surface area (Å²) in [4.78, 5) is 7.00. The number of aliphatic hydroxyl groups is 1. The van der Waals surface area contributed by atoms with Gasteiger partial charge in [-0.25, -0.2) is 13.8 Å². The first-order valence-electron chi connectivity index (χ1n) is 9.46. The fraction of sp³-hybridized carbons (Fsp3) is 0.550. The highest BCUT2D eigenvalue weighted by Crippen LogP contribution is 2.35. The Morgan fingerprint density at radius 1 is 1.19 bits per heavy atom. The number of β-amino-alcohol motifs (C(OH)–C–C–N with tert-alkyl or cyclic N) is 1. The van der Waals surface area contributed by atoms with Crippen LogP contribution in [0.4, 0.5) is 8.78 Å². The standard InChI is InChI=1S/C20H25F2N3O/c1-24-16-9-3-2-8-15(16)23-20(24)17-10-5-11-25(17)12-18(26)19-13(21)6-4-7-14(19)22/h4,6-7,17-18,26H,2-3,5,8-12H2,1H3/t17-,18-/m0/s1. The monoisotopic (exact) mass is 361 g/mol. The van der Waals surface area contributed by atoms with Crippen molar-refractivity contribution >= 4 is 0 Å². The largest absolute Gasteiger partial charge is 0.387 e. The predicted octanol–water partition coefficient (Wildman–Crippen LogP) is 3.45. The molecule has 0 unspecified atom stereocenters. The van der Waals surface area contributed by atoms with E-state index in [0.717, 1.165) is 38.1 Å². The van der Waals surface area contributed by atoms with Crippen LogP contribution in [0.3, 0.4) is 0 Å². The molecule has 1 saturated heterocycles. The van der Waals surface area contributed by atoms with Gasteiger partial charge in [-0.05, 0) is 57.2 Å². The summed E-state index contributed by atoms with van der Waals surface area (Å²) in [5.74, 6) is -0.364. The second-order valence-corrected chi connectivity index (χ2v) is 7.43. The quantitative estimate of drug-likeness (QED) is 0.907. The molecule has 4 rings (SSSR count). The summed E-state index contributed by atoms with van der Waals surface area (Å²) in [5, 5.41) is 10.5. The lowest BCUT2D eigenvalue weighted by atomic mass is 10.0. The van der Waals surface area contributed by atoms with E-state index in [4.69, 9.17) is 4.98 Å². The molecule has 140 valence electrons. The number of fused-ring (bicyclic) bond motifs is 1. The molecule has 26 heavy (non-hydrogen) atoms. The highest BCUT2D eigenvalue weighted by Gasteiger charge is 2.33. The Labute approximate surface area is 152 Å². The lowest BCUT2D eigenvalue weighted by molar-refractivity contribution is 0.0975. The van der Waals surface area contributed by atoms with Crippen LogP contribution in [0.1, 0.15) is 60.6 Å². The van der Waals surface area contributed by atoms with Gasteiger partial charge in [0.05, 0.1) is 23.4 Å². The molecule has 4 nitrogen and oxygen atoms in total. The summed E-state index contributed by atoms with van der Waals surface area (Å²) in [7, 11) is 2.07. The lowest BCUT2D eigenvalue weighted by Gasteiger charge is -2.27. The highest BCUT2D eigenvalue weighted by atomic mass is 19.1. The number of imidazole rings is 1. The lowest BCUT2D eigenvalue weighted by Crippen LogP contribution is -2.30. The van der Waals surface area contributed by atoms with Gasteiger partial charge in [0.25, 0.3) is 0 Å². The van der Waals surface area contributed by atoms with Crippen LogP contribution < -0.4 is 0 Å². The van der Waals surface area contributed by atoms with E-state index >= 15 is 0 Å². The van der Waals surface area contributed by atoms with Crippen molar-refractivity contribution in [1.29, 1.82) is 0 Å². The molecule has 0 radical (unpaired) electrons. The van der Waals surface area contributed by atoms with Crippen molar-refractivity contribution in [3.05, 3.63) is 52.6 Å². The van der Waals surface area contributed by atoms with Crippen LogP contribution in [0.25, 0.3) is 0 Å². The average Bonchev–Trinajstić information content (AvgIpc) is 3.19. The average molecular weight is 361 g/mol. The zero-order valence-corrected chi connectivity index (χ0v) is 15.1. The van der Waals surface area contributed by atoms with Crippen LogP contribution in [-0.2, 0) is 19.9 Å². The second-order valence-electron chi connectivity index (χ2n) is 7.43. The maximum atomic E-state index is 14.0. The van der Waals surface area contributed by atoms with Gasteiger partial charge in [-0.3, -0.25) is 4.90 Å². The first kappa shape index (κ1) is 17.6. The van der Waals surface area contributed by atoms with E-state index in [9.17, 15) is 13.9 Å². The molecular weight excluding hydrogens is 336 g/mol. The molecule has 1 aromatic carbocycles. The van der Waals surface area contributed by atoms with Crippen molar-refractivity contribution < 1.29 is 13.9 Å². The van der Waals surface area contributed by atoms with Gasteiger partial charge in [0.2, 0.25) is 0 Å². The van der Waals surface area contributed by atoms with Crippen molar-refractivity contribution in [3.8, 4) is 0 Å². The van der Waals surface area contributed by atoms with Crippen molar-refractivity contribution in [2.45, 2.75) is 50.7 Å². The van der Waals surface area contributed by atoms with Gasteiger partial charge in [0, 0.05) is 19.3 Å². The van der Waals surface area contributed by atoms with Gasteiger partial charge in [-0.15, -0.1) is 0 Å². The third kappa shape index (κ3) is 3.05. The van der Waals surface area contributed by atoms with Crippen molar-refractivity contribution in [1.82, 2.24) is 14.5 Å². The van der Waals surface area contributed by atoms with Crippen LogP contribution in [0.2, 0.25) is 0 Å². The molecule has 2 aliphatic rings. The fourth-order valence-corrected chi connectivity index (χ4v) is 4.48. The summed E-state index contributed by atoms with van der Waals surface area (Å²) < 4.78 is 30.2. The number of benzene rings is 1. The first-order chi connectivity index (χ1) is 12.6. The van der Waals surface area contributed by atoms with E-state index < -0.39 is 17.7 Å². The van der Waals surface area contributed by atoms with E-state index in [1.165, 1.54) is 42.4 Å². The number of hydrogen-bond donors (Lipinski definition) is 1. The maximum Gasteiger partial charge on any atom is 0.131 e.